The number of nitrogens with zero attached hydrogens (tertiary/aromatic N) is 2. The molecule has 31 heavy (non-hydrogen) atoms. The van der Waals surface area contributed by atoms with Crippen LogP contribution < -0.4 is 10.1 Å². The van der Waals surface area contributed by atoms with E-state index in [1.54, 1.807) is 30.3 Å². The lowest BCUT2D eigenvalue weighted by Gasteiger charge is -2.10. The highest BCUT2D eigenvalue weighted by Gasteiger charge is 2.11. The van der Waals surface area contributed by atoms with Crippen LogP contribution in [-0.4, -0.2) is 5.91 Å². The largest absolute Gasteiger partial charge is 0.489 e. The van der Waals surface area contributed by atoms with E-state index in [4.69, 9.17) is 10.00 Å². The molecule has 0 fully saturated rings. The SMILES string of the molecule is Cc1cccc(NC(=O)/C(C#N)=C/c2ccc(OCc3ccccc3C#N)cc2)c1C. The summed E-state index contributed by atoms with van der Waals surface area (Å²) in [5, 5.41) is 21.4. The molecule has 0 unspecified atom stereocenters. The molecule has 0 aliphatic carbocycles. The summed E-state index contributed by atoms with van der Waals surface area (Å²) in [6.45, 7) is 4.17. The Morgan fingerprint density at radius 1 is 1.00 bits per heavy atom. The Labute approximate surface area is 181 Å². The summed E-state index contributed by atoms with van der Waals surface area (Å²) in [6.07, 6.45) is 1.54. The quantitative estimate of drug-likeness (QED) is 0.444. The highest BCUT2D eigenvalue weighted by atomic mass is 16.5. The maximum atomic E-state index is 12.5. The number of hydrogen-bond donors (Lipinski definition) is 1. The zero-order chi connectivity index (χ0) is 22.2. The van der Waals surface area contributed by atoms with Gasteiger partial charge in [-0.1, -0.05) is 42.5 Å². The van der Waals surface area contributed by atoms with E-state index in [2.05, 4.69) is 11.4 Å². The van der Waals surface area contributed by atoms with E-state index in [1.807, 2.05) is 56.3 Å². The molecular weight excluding hydrogens is 386 g/mol. The average Bonchev–Trinajstić information content (AvgIpc) is 2.80. The smallest absolute Gasteiger partial charge is 0.266 e. The van der Waals surface area contributed by atoms with Crippen molar-refractivity contribution < 1.29 is 9.53 Å². The van der Waals surface area contributed by atoms with E-state index in [-0.39, 0.29) is 12.2 Å². The Morgan fingerprint density at radius 3 is 2.45 bits per heavy atom. The normalized spacial score (nSPS) is 10.6. The van der Waals surface area contributed by atoms with Crippen LogP contribution in [0.5, 0.6) is 5.75 Å². The third-order valence-electron chi connectivity index (χ3n) is 4.94. The predicted molar refractivity (Wildman–Crippen MR) is 120 cm³/mol. The summed E-state index contributed by atoms with van der Waals surface area (Å²) in [5.41, 5.74) is 4.82. The van der Waals surface area contributed by atoms with Crippen LogP contribution in [0.25, 0.3) is 6.08 Å². The molecule has 3 rings (SSSR count). The number of anilines is 1. The van der Waals surface area contributed by atoms with Gasteiger partial charge < -0.3 is 10.1 Å². The second kappa shape index (κ2) is 9.91. The van der Waals surface area contributed by atoms with Crippen LogP contribution in [0.1, 0.15) is 27.8 Å². The number of rotatable bonds is 6. The molecule has 0 saturated carbocycles. The molecule has 0 heterocycles. The third-order valence-corrected chi connectivity index (χ3v) is 4.94. The molecule has 3 aromatic carbocycles. The molecule has 152 valence electrons. The molecule has 5 heteroatoms. The molecule has 0 aliphatic heterocycles. The number of aryl methyl sites for hydroxylation is 1. The van der Waals surface area contributed by atoms with Gasteiger partial charge in [-0.05, 0) is 60.9 Å². The Kier molecular flexibility index (Phi) is 6.83. The highest BCUT2D eigenvalue weighted by Crippen LogP contribution is 2.20. The zero-order valence-electron chi connectivity index (χ0n) is 17.3. The van der Waals surface area contributed by atoms with E-state index in [1.165, 1.54) is 6.08 Å². The first-order valence-corrected chi connectivity index (χ1v) is 9.72. The number of amides is 1. The summed E-state index contributed by atoms with van der Waals surface area (Å²) in [5.74, 6) is 0.174. The van der Waals surface area contributed by atoms with E-state index in [0.717, 1.165) is 16.7 Å². The van der Waals surface area contributed by atoms with Crippen LogP contribution in [0.2, 0.25) is 0 Å². The molecule has 0 radical (unpaired) electrons. The molecule has 0 aliphatic rings. The van der Waals surface area contributed by atoms with Gasteiger partial charge in [-0.15, -0.1) is 0 Å². The molecule has 0 aromatic heterocycles. The minimum Gasteiger partial charge on any atom is -0.489 e. The molecule has 5 nitrogen and oxygen atoms in total. The number of carbonyl (C=O) groups excluding carboxylic acids is 1. The fraction of sp³-hybridized carbons (Fsp3) is 0.115. The van der Waals surface area contributed by atoms with E-state index >= 15 is 0 Å². The van der Waals surface area contributed by atoms with Gasteiger partial charge in [0, 0.05) is 11.3 Å². The molecule has 0 saturated heterocycles. The van der Waals surface area contributed by atoms with Crippen LogP contribution >= 0.6 is 0 Å². The first kappa shape index (κ1) is 21.4. The van der Waals surface area contributed by atoms with Gasteiger partial charge in [0.2, 0.25) is 0 Å². The van der Waals surface area contributed by atoms with Crippen molar-refractivity contribution in [1.82, 2.24) is 0 Å². The lowest BCUT2D eigenvalue weighted by atomic mass is 10.1. The molecule has 3 aromatic rings. The second-order valence-corrected chi connectivity index (χ2v) is 7.00. The van der Waals surface area contributed by atoms with Crippen LogP contribution in [0.4, 0.5) is 5.69 Å². The summed E-state index contributed by atoms with van der Waals surface area (Å²) >= 11 is 0. The van der Waals surface area contributed by atoms with Gasteiger partial charge in [0.25, 0.3) is 5.91 Å². The van der Waals surface area contributed by atoms with Crippen LogP contribution in [0.3, 0.4) is 0 Å². The molecule has 1 amide bonds. The fourth-order valence-electron chi connectivity index (χ4n) is 2.97. The summed E-state index contributed by atoms with van der Waals surface area (Å²) in [6, 6.07) is 24.1. The standard InChI is InChI=1S/C26H21N3O2/c1-18-6-5-9-25(19(18)2)29-26(30)23(16-28)14-20-10-12-24(13-11-20)31-17-22-8-4-3-7-21(22)15-27/h3-14H,17H2,1-2H3,(H,29,30)/b23-14+. The molecule has 1 N–H and O–H groups in total. The minimum atomic E-state index is -0.454. The fourth-order valence-corrected chi connectivity index (χ4v) is 2.97. The van der Waals surface area contributed by atoms with Crippen molar-refractivity contribution in [2.24, 2.45) is 0 Å². The van der Waals surface area contributed by atoms with Crippen molar-refractivity contribution >= 4 is 17.7 Å². The lowest BCUT2D eigenvalue weighted by Crippen LogP contribution is -2.14. The molecule has 0 bridgehead atoms. The van der Waals surface area contributed by atoms with Crippen LogP contribution in [0.15, 0.2) is 72.3 Å². The number of benzene rings is 3. The van der Waals surface area contributed by atoms with Crippen molar-refractivity contribution in [2.75, 3.05) is 5.32 Å². The number of nitrogens with one attached hydrogen (secondary N) is 1. The number of hydrogen-bond acceptors (Lipinski definition) is 4. The zero-order valence-corrected chi connectivity index (χ0v) is 17.3. The lowest BCUT2D eigenvalue weighted by molar-refractivity contribution is -0.112. The first-order chi connectivity index (χ1) is 15.0. The van der Waals surface area contributed by atoms with Crippen molar-refractivity contribution in [2.45, 2.75) is 20.5 Å². The van der Waals surface area contributed by atoms with Crippen LogP contribution in [-0.2, 0) is 11.4 Å². The second-order valence-electron chi connectivity index (χ2n) is 7.00. The number of carbonyl (C=O) groups is 1. The summed E-state index contributed by atoms with van der Waals surface area (Å²) in [7, 11) is 0. The first-order valence-electron chi connectivity index (χ1n) is 9.72. The average molecular weight is 407 g/mol. The predicted octanol–water partition coefficient (Wildman–Crippen LogP) is 5.30. The Hall–Kier alpha value is -4.35. The van der Waals surface area contributed by atoms with Gasteiger partial charge in [-0.3, -0.25) is 4.79 Å². The van der Waals surface area contributed by atoms with Gasteiger partial charge in [0.05, 0.1) is 11.6 Å². The topological polar surface area (TPSA) is 85.9 Å². The maximum absolute atomic E-state index is 12.5. The Balaban J connectivity index is 1.69. The summed E-state index contributed by atoms with van der Waals surface area (Å²) in [4.78, 5) is 12.5. The molecular formula is C26H21N3O2. The van der Waals surface area contributed by atoms with E-state index < -0.39 is 5.91 Å². The maximum Gasteiger partial charge on any atom is 0.266 e. The summed E-state index contributed by atoms with van der Waals surface area (Å²) < 4.78 is 5.76. The molecule has 0 atom stereocenters. The van der Waals surface area contributed by atoms with Crippen molar-refractivity contribution in [3.63, 3.8) is 0 Å². The van der Waals surface area contributed by atoms with Gasteiger partial charge in [-0.2, -0.15) is 10.5 Å². The van der Waals surface area contributed by atoms with Crippen molar-refractivity contribution in [1.29, 1.82) is 10.5 Å². The Morgan fingerprint density at radius 2 is 1.74 bits per heavy atom. The van der Waals surface area contributed by atoms with Crippen molar-refractivity contribution in [3.05, 3.63) is 100 Å². The Bertz CT molecular complexity index is 1210. The van der Waals surface area contributed by atoms with Crippen LogP contribution in [0, 0.1) is 36.5 Å². The third kappa shape index (κ3) is 5.38. The van der Waals surface area contributed by atoms with Crippen molar-refractivity contribution in [3.8, 4) is 17.9 Å². The van der Waals surface area contributed by atoms with E-state index in [0.29, 0.717) is 22.6 Å². The monoisotopic (exact) mass is 407 g/mol. The van der Waals surface area contributed by atoms with Gasteiger partial charge in [-0.25, -0.2) is 0 Å². The minimum absolute atomic E-state index is 0.0116. The molecule has 0 spiro atoms. The number of nitriles is 2. The van der Waals surface area contributed by atoms with Gasteiger partial charge in [0.1, 0.15) is 24.0 Å². The highest BCUT2D eigenvalue weighted by molar-refractivity contribution is 6.10. The van der Waals surface area contributed by atoms with E-state index in [9.17, 15) is 10.1 Å². The van der Waals surface area contributed by atoms with Gasteiger partial charge >= 0.3 is 0 Å². The van der Waals surface area contributed by atoms with Gasteiger partial charge in [0.15, 0.2) is 0 Å². The number of ether oxygens (including phenoxy) is 1.